The van der Waals surface area contributed by atoms with E-state index in [9.17, 15) is 40.7 Å². The summed E-state index contributed by atoms with van der Waals surface area (Å²) in [6.07, 6.45) is -9.14. The molecule has 0 bridgehead atoms. The number of halogens is 7. The monoisotopic (exact) mass is 416 g/mol. The molecule has 0 aromatic carbocycles. The van der Waals surface area contributed by atoms with Crippen LogP contribution in [0.1, 0.15) is 13.8 Å². The molecule has 0 saturated carbocycles. The number of hydrogen-bond acceptors (Lipinski definition) is 6. The van der Waals surface area contributed by atoms with Crippen LogP contribution < -0.4 is 0 Å². The molecule has 0 aromatic rings. The van der Waals surface area contributed by atoms with Gasteiger partial charge in [-0.1, -0.05) is 17.7 Å². The molecule has 26 heavy (non-hydrogen) atoms. The molecule has 0 heterocycles. The van der Waals surface area contributed by atoms with Crippen molar-refractivity contribution in [3.8, 4) is 0 Å². The van der Waals surface area contributed by atoms with Crippen LogP contribution in [-0.4, -0.2) is 55.0 Å². The molecule has 1 atom stereocenters. The molecule has 0 spiro atoms. The van der Waals surface area contributed by atoms with E-state index in [1.165, 1.54) is 13.8 Å². The minimum absolute atomic E-state index is 0.221. The maximum Gasteiger partial charge on any atom is 0.461 e. The highest BCUT2D eigenvalue weighted by atomic mass is 35.5. The SMILES string of the molecule is C=CCOC(Cl)(C(=O)OCC)C(F)(F)F.CCOC(=O)C(=O)C(F)(F)F. The highest BCUT2D eigenvalue weighted by Gasteiger charge is 2.62. The standard InChI is InChI=1S/C8H10ClF3O3.C5H5F3O3/c1-3-5-15-7(9,8(10,11)12)6(13)14-4-2;1-2-11-4(10)3(9)5(6,7)8/h3H,1,4-5H2,2H3;2H2,1H3. The Balaban J connectivity index is 0. The van der Waals surface area contributed by atoms with Gasteiger partial charge in [-0.25, -0.2) is 9.59 Å². The maximum absolute atomic E-state index is 12.4. The van der Waals surface area contributed by atoms with Gasteiger partial charge in [0.2, 0.25) is 0 Å². The molecule has 0 aliphatic rings. The average molecular weight is 417 g/mol. The van der Waals surface area contributed by atoms with Crippen LogP contribution in [0.15, 0.2) is 12.7 Å². The summed E-state index contributed by atoms with van der Waals surface area (Å²) in [5, 5.41) is -3.46. The van der Waals surface area contributed by atoms with Gasteiger partial charge in [-0.15, -0.1) is 6.58 Å². The van der Waals surface area contributed by atoms with Crippen LogP contribution in [0.25, 0.3) is 0 Å². The van der Waals surface area contributed by atoms with Gasteiger partial charge < -0.3 is 14.2 Å². The van der Waals surface area contributed by atoms with Gasteiger partial charge in [0.1, 0.15) is 0 Å². The summed E-state index contributed by atoms with van der Waals surface area (Å²) >= 11 is 5.05. The fourth-order valence-corrected chi connectivity index (χ4v) is 1.08. The lowest BCUT2D eigenvalue weighted by atomic mass is 10.3. The van der Waals surface area contributed by atoms with Gasteiger partial charge in [-0.2, -0.15) is 26.3 Å². The summed E-state index contributed by atoms with van der Waals surface area (Å²) in [4.78, 5) is 31.0. The molecular weight excluding hydrogens is 402 g/mol. The molecule has 0 fully saturated rings. The molecule has 0 amide bonds. The molecular formula is C13H15ClF6O6. The van der Waals surface area contributed by atoms with E-state index in [2.05, 4.69) is 20.8 Å². The Morgan fingerprint density at radius 3 is 1.77 bits per heavy atom. The highest BCUT2D eigenvalue weighted by molar-refractivity contribution is 6.35. The third-order valence-corrected chi connectivity index (χ3v) is 2.50. The molecule has 1 unspecified atom stereocenters. The maximum atomic E-state index is 12.4. The van der Waals surface area contributed by atoms with Gasteiger partial charge in [0, 0.05) is 0 Å². The lowest BCUT2D eigenvalue weighted by Crippen LogP contribution is -2.50. The van der Waals surface area contributed by atoms with Crippen molar-refractivity contribution in [3.05, 3.63) is 12.7 Å². The van der Waals surface area contributed by atoms with Crippen molar-refractivity contribution in [2.24, 2.45) is 0 Å². The van der Waals surface area contributed by atoms with Crippen molar-refractivity contribution in [3.63, 3.8) is 0 Å². The van der Waals surface area contributed by atoms with Gasteiger partial charge in [0.15, 0.2) is 0 Å². The molecule has 0 radical (unpaired) electrons. The molecule has 6 nitrogen and oxygen atoms in total. The smallest absolute Gasteiger partial charge is 0.461 e. The van der Waals surface area contributed by atoms with Gasteiger partial charge in [0.25, 0.3) is 0 Å². The Morgan fingerprint density at radius 2 is 1.46 bits per heavy atom. The molecule has 0 aromatic heterocycles. The first-order valence-corrected chi connectivity index (χ1v) is 7.02. The van der Waals surface area contributed by atoms with E-state index >= 15 is 0 Å². The number of ketones is 1. The molecule has 13 heteroatoms. The fourth-order valence-electron chi connectivity index (χ4n) is 0.967. The highest BCUT2D eigenvalue weighted by Crippen LogP contribution is 2.38. The van der Waals surface area contributed by atoms with Crippen LogP contribution in [0.3, 0.4) is 0 Å². The zero-order valence-corrected chi connectivity index (χ0v) is 14.3. The Labute approximate surface area is 149 Å². The number of ether oxygens (including phenoxy) is 3. The van der Waals surface area contributed by atoms with E-state index < -0.39 is 41.7 Å². The first-order valence-electron chi connectivity index (χ1n) is 6.64. The molecule has 0 saturated heterocycles. The lowest BCUT2D eigenvalue weighted by Gasteiger charge is -2.26. The van der Waals surface area contributed by atoms with Crippen molar-refractivity contribution in [2.45, 2.75) is 31.3 Å². The average Bonchev–Trinajstić information content (AvgIpc) is 2.50. The van der Waals surface area contributed by atoms with Gasteiger partial charge in [-0.05, 0) is 13.8 Å². The van der Waals surface area contributed by atoms with E-state index in [1.54, 1.807) is 0 Å². The lowest BCUT2D eigenvalue weighted by molar-refractivity contribution is -0.244. The predicted octanol–water partition coefficient (Wildman–Crippen LogP) is 2.93. The molecule has 0 aliphatic carbocycles. The number of carbonyl (C=O) groups is 3. The van der Waals surface area contributed by atoms with E-state index in [1.807, 2.05) is 0 Å². The number of hydrogen-bond donors (Lipinski definition) is 0. The number of carbonyl (C=O) groups excluding carboxylic acids is 3. The van der Waals surface area contributed by atoms with E-state index in [0.717, 1.165) is 6.08 Å². The number of Topliss-reactive ketones (excluding diaryl/α,β-unsaturated/α-hetero) is 1. The van der Waals surface area contributed by atoms with Crippen molar-refractivity contribution in [2.75, 3.05) is 19.8 Å². The molecule has 0 aliphatic heterocycles. The second-order valence-electron chi connectivity index (χ2n) is 3.96. The fraction of sp³-hybridized carbons (Fsp3) is 0.615. The summed E-state index contributed by atoms with van der Waals surface area (Å²) in [6, 6.07) is 0. The summed E-state index contributed by atoms with van der Waals surface area (Å²) in [5.41, 5.74) is 0. The van der Waals surface area contributed by atoms with E-state index in [4.69, 9.17) is 11.6 Å². The van der Waals surface area contributed by atoms with Gasteiger partial charge >= 0.3 is 35.1 Å². The van der Waals surface area contributed by atoms with Crippen molar-refractivity contribution < 1.29 is 54.9 Å². The Morgan fingerprint density at radius 1 is 1.00 bits per heavy atom. The third-order valence-electron chi connectivity index (χ3n) is 2.02. The van der Waals surface area contributed by atoms with Crippen LogP contribution >= 0.6 is 11.6 Å². The van der Waals surface area contributed by atoms with Crippen molar-refractivity contribution in [1.29, 1.82) is 0 Å². The Bertz CT molecular complexity index is 504. The largest absolute Gasteiger partial charge is 0.463 e. The predicted molar refractivity (Wildman–Crippen MR) is 75.1 cm³/mol. The molecule has 152 valence electrons. The van der Waals surface area contributed by atoms with Crippen LogP contribution in [0.5, 0.6) is 0 Å². The Kier molecular flexibility index (Phi) is 11.2. The minimum Gasteiger partial charge on any atom is -0.463 e. The summed E-state index contributed by atoms with van der Waals surface area (Å²) in [5.74, 6) is -6.01. The van der Waals surface area contributed by atoms with Crippen LogP contribution in [0, 0.1) is 0 Å². The van der Waals surface area contributed by atoms with E-state index in [-0.39, 0.29) is 13.2 Å². The Hall–Kier alpha value is -1.82. The van der Waals surface area contributed by atoms with Gasteiger partial charge in [-0.3, -0.25) is 4.79 Å². The second-order valence-corrected chi connectivity index (χ2v) is 4.49. The van der Waals surface area contributed by atoms with Crippen molar-refractivity contribution in [1.82, 2.24) is 0 Å². The summed E-state index contributed by atoms with van der Waals surface area (Å²) < 4.78 is 83.6. The zero-order chi connectivity index (χ0) is 21.2. The first kappa shape index (κ1) is 26.4. The topological polar surface area (TPSA) is 78.9 Å². The second kappa shape index (κ2) is 11.0. The summed E-state index contributed by atoms with van der Waals surface area (Å²) in [6.45, 7) is 4.83. The quantitative estimate of drug-likeness (QED) is 0.209. The van der Waals surface area contributed by atoms with Crippen molar-refractivity contribution >= 4 is 29.3 Å². The summed E-state index contributed by atoms with van der Waals surface area (Å²) in [7, 11) is 0. The normalized spacial score (nSPS) is 13.6. The molecule has 0 rings (SSSR count). The zero-order valence-electron chi connectivity index (χ0n) is 13.5. The number of alkyl halides is 7. The van der Waals surface area contributed by atoms with Crippen LogP contribution in [0.4, 0.5) is 26.3 Å². The van der Waals surface area contributed by atoms with Crippen LogP contribution in [-0.2, 0) is 28.6 Å². The third kappa shape index (κ3) is 8.52. The van der Waals surface area contributed by atoms with Gasteiger partial charge in [0.05, 0.1) is 19.8 Å². The number of esters is 2. The van der Waals surface area contributed by atoms with E-state index in [0.29, 0.717) is 0 Å². The first-order chi connectivity index (χ1) is 11.7. The minimum atomic E-state index is -5.13. The molecule has 0 N–H and O–H groups in total. The van der Waals surface area contributed by atoms with Crippen LogP contribution in [0.2, 0.25) is 0 Å². The number of rotatable bonds is 7.